The number of aromatic carboxylic acids is 1. The Labute approximate surface area is 159 Å². The van der Waals surface area contributed by atoms with Crippen LogP contribution in [-0.2, 0) is 0 Å². The number of hydrogen-bond donors (Lipinski definition) is 2. The van der Waals surface area contributed by atoms with Crippen LogP contribution in [-0.4, -0.2) is 36.7 Å². The number of carboxylic acids is 1. The zero-order valence-corrected chi connectivity index (χ0v) is 14.8. The Bertz CT molecular complexity index is 1230. The zero-order valence-electron chi connectivity index (χ0n) is 14.8. The molecule has 7 heteroatoms. The third-order valence-corrected chi connectivity index (χ3v) is 4.44. The highest BCUT2D eigenvalue weighted by molar-refractivity contribution is 6.16. The van der Waals surface area contributed by atoms with Gasteiger partial charge in [-0.2, -0.15) is 5.10 Å². The number of phenolic OH excluding ortho intramolecular Hbond substituents is 1. The summed E-state index contributed by atoms with van der Waals surface area (Å²) in [5.41, 5.74) is 1.20. The van der Waals surface area contributed by atoms with Crippen molar-refractivity contribution in [3.05, 3.63) is 83.2 Å². The summed E-state index contributed by atoms with van der Waals surface area (Å²) in [6.45, 7) is 1.76. The molecule has 2 aromatic carbocycles. The van der Waals surface area contributed by atoms with Gasteiger partial charge in [-0.15, -0.1) is 0 Å². The third-order valence-electron chi connectivity index (χ3n) is 4.44. The molecule has 0 atom stereocenters. The van der Waals surface area contributed by atoms with Gasteiger partial charge in [-0.3, -0.25) is 4.79 Å². The molecule has 2 heterocycles. The van der Waals surface area contributed by atoms with E-state index in [4.69, 9.17) is 0 Å². The summed E-state index contributed by atoms with van der Waals surface area (Å²) in [6, 6.07) is 16.7. The van der Waals surface area contributed by atoms with E-state index in [1.165, 1.54) is 18.2 Å². The van der Waals surface area contributed by atoms with Crippen LogP contribution in [0.4, 0.5) is 0 Å². The van der Waals surface area contributed by atoms with E-state index in [2.05, 4.69) is 10.1 Å². The Morgan fingerprint density at radius 1 is 0.964 bits per heavy atom. The van der Waals surface area contributed by atoms with Crippen molar-refractivity contribution in [3.8, 4) is 11.4 Å². The highest BCUT2D eigenvalue weighted by Crippen LogP contribution is 2.27. The predicted octanol–water partition coefficient (Wildman–Crippen LogP) is 3.36. The smallest absolute Gasteiger partial charge is 0.355 e. The summed E-state index contributed by atoms with van der Waals surface area (Å²) in [5.74, 6) is -2.17. The summed E-state index contributed by atoms with van der Waals surface area (Å²) in [5, 5.41) is 24.7. The number of aryl methyl sites for hydroxylation is 1. The fraction of sp³-hybridized carbons (Fsp3) is 0.0476. The molecule has 0 aliphatic rings. The number of benzene rings is 2. The van der Waals surface area contributed by atoms with Gasteiger partial charge >= 0.3 is 5.97 Å². The van der Waals surface area contributed by atoms with Crippen LogP contribution in [0.25, 0.3) is 16.7 Å². The van der Waals surface area contributed by atoms with E-state index in [9.17, 15) is 19.8 Å². The highest BCUT2D eigenvalue weighted by atomic mass is 16.4. The van der Waals surface area contributed by atoms with Crippen molar-refractivity contribution in [1.29, 1.82) is 0 Å². The molecule has 0 unspecified atom stereocenters. The Balaban J connectivity index is 1.97. The van der Waals surface area contributed by atoms with Crippen LogP contribution >= 0.6 is 0 Å². The molecule has 0 aliphatic heterocycles. The van der Waals surface area contributed by atoms with Crippen molar-refractivity contribution < 1.29 is 19.8 Å². The summed E-state index contributed by atoms with van der Waals surface area (Å²) >= 11 is 0. The van der Waals surface area contributed by atoms with Crippen LogP contribution in [0.5, 0.6) is 5.75 Å². The first-order chi connectivity index (χ1) is 13.5. The number of carbonyl (C=O) groups excluding carboxylic acids is 1. The molecular formula is C21H15N3O4. The summed E-state index contributed by atoms with van der Waals surface area (Å²) in [6.07, 6.45) is 0. The number of hydrogen-bond acceptors (Lipinski definition) is 5. The summed E-state index contributed by atoms with van der Waals surface area (Å²) in [7, 11) is 0. The zero-order chi connectivity index (χ0) is 19.8. The average Bonchev–Trinajstić information content (AvgIpc) is 3.03. The van der Waals surface area contributed by atoms with Crippen LogP contribution in [0.2, 0.25) is 0 Å². The summed E-state index contributed by atoms with van der Waals surface area (Å²) < 4.78 is 1.55. The number of pyridine rings is 1. The Hall–Kier alpha value is -4.00. The molecule has 0 radical (unpaired) electrons. The molecule has 0 bridgehead atoms. The first-order valence-electron chi connectivity index (χ1n) is 8.49. The topological polar surface area (TPSA) is 105 Å². The van der Waals surface area contributed by atoms with E-state index in [1.807, 2.05) is 30.3 Å². The summed E-state index contributed by atoms with van der Waals surface area (Å²) in [4.78, 5) is 29.0. The second-order valence-corrected chi connectivity index (χ2v) is 6.24. The SMILES string of the molecule is Cc1nn(-c2ccccc2)c2nc(C(=O)O)c(C(=O)c3ccccc3O)cc12. The van der Waals surface area contributed by atoms with E-state index in [-0.39, 0.29) is 16.9 Å². The van der Waals surface area contributed by atoms with Gasteiger partial charge in [0, 0.05) is 5.39 Å². The number of para-hydroxylation sites is 2. The molecule has 7 nitrogen and oxygen atoms in total. The molecule has 0 amide bonds. The molecule has 2 N–H and O–H groups in total. The second-order valence-electron chi connectivity index (χ2n) is 6.24. The van der Waals surface area contributed by atoms with Crippen molar-refractivity contribution in [2.24, 2.45) is 0 Å². The van der Waals surface area contributed by atoms with E-state index in [0.29, 0.717) is 16.7 Å². The van der Waals surface area contributed by atoms with Crippen molar-refractivity contribution in [1.82, 2.24) is 14.8 Å². The number of rotatable bonds is 4. The van der Waals surface area contributed by atoms with Crippen LogP contribution in [0.1, 0.15) is 32.1 Å². The molecule has 0 fully saturated rings. The molecule has 0 saturated heterocycles. The minimum atomic E-state index is -1.33. The van der Waals surface area contributed by atoms with Gasteiger partial charge in [0.25, 0.3) is 0 Å². The maximum Gasteiger partial charge on any atom is 0.355 e. The standard InChI is InChI=1S/C21H15N3O4/c1-12-15-11-16(19(26)14-9-5-6-10-17(14)25)18(21(27)28)22-20(15)24(23-12)13-7-3-2-4-8-13/h2-11,25H,1H3,(H,27,28). The number of ketones is 1. The normalized spacial score (nSPS) is 10.9. The Kier molecular flexibility index (Phi) is 4.12. The lowest BCUT2D eigenvalue weighted by atomic mass is 9.99. The minimum absolute atomic E-state index is 0.0132. The average molecular weight is 373 g/mol. The Morgan fingerprint density at radius 3 is 2.32 bits per heavy atom. The fourth-order valence-corrected chi connectivity index (χ4v) is 3.08. The number of carboxylic acid groups (broad SMARTS) is 1. The monoisotopic (exact) mass is 373 g/mol. The van der Waals surface area contributed by atoms with Gasteiger partial charge in [-0.1, -0.05) is 30.3 Å². The van der Waals surface area contributed by atoms with Gasteiger partial charge in [0.05, 0.1) is 22.5 Å². The predicted molar refractivity (Wildman–Crippen MR) is 102 cm³/mol. The molecule has 2 aromatic heterocycles. The minimum Gasteiger partial charge on any atom is -0.507 e. The molecule has 4 aromatic rings. The molecular weight excluding hydrogens is 358 g/mol. The Morgan fingerprint density at radius 2 is 1.64 bits per heavy atom. The lowest BCUT2D eigenvalue weighted by Gasteiger charge is -2.08. The molecule has 0 spiro atoms. The van der Waals surface area contributed by atoms with E-state index in [0.717, 1.165) is 5.69 Å². The van der Waals surface area contributed by atoms with Gasteiger partial charge in [0.2, 0.25) is 0 Å². The maximum atomic E-state index is 12.9. The number of aromatic nitrogens is 3. The largest absolute Gasteiger partial charge is 0.507 e. The lowest BCUT2D eigenvalue weighted by Crippen LogP contribution is -2.13. The van der Waals surface area contributed by atoms with Crippen LogP contribution < -0.4 is 0 Å². The second kappa shape index (κ2) is 6.62. The van der Waals surface area contributed by atoms with Gasteiger partial charge < -0.3 is 10.2 Å². The number of nitrogens with zero attached hydrogens (tertiary/aromatic N) is 3. The first-order valence-corrected chi connectivity index (χ1v) is 8.49. The quantitative estimate of drug-likeness (QED) is 0.532. The fourth-order valence-electron chi connectivity index (χ4n) is 3.08. The number of fused-ring (bicyclic) bond motifs is 1. The van der Waals surface area contributed by atoms with E-state index < -0.39 is 17.4 Å². The van der Waals surface area contributed by atoms with Gasteiger partial charge in [-0.25, -0.2) is 14.5 Å². The number of phenols is 1. The van der Waals surface area contributed by atoms with Gasteiger partial charge in [0.1, 0.15) is 5.75 Å². The number of aromatic hydroxyl groups is 1. The van der Waals surface area contributed by atoms with Crippen LogP contribution in [0.15, 0.2) is 60.7 Å². The van der Waals surface area contributed by atoms with Crippen molar-refractivity contribution >= 4 is 22.8 Å². The van der Waals surface area contributed by atoms with Crippen molar-refractivity contribution in [2.75, 3.05) is 0 Å². The molecule has 4 rings (SSSR count). The number of carbonyl (C=O) groups is 2. The van der Waals surface area contributed by atoms with Crippen molar-refractivity contribution in [3.63, 3.8) is 0 Å². The van der Waals surface area contributed by atoms with Crippen LogP contribution in [0.3, 0.4) is 0 Å². The van der Waals surface area contributed by atoms with Crippen molar-refractivity contribution in [2.45, 2.75) is 6.92 Å². The van der Waals surface area contributed by atoms with Gasteiger partial charge in [-0.05, 0) is 37.3 Å². The third kappa shape index (κ3) is 2.79. The lowest BCUT2D eigenvalue weighted by molar-refractivity contribution is 0.0686. The highest BCUT2D eigenvalue weighted by Gasteiger charge is 2.25. The molecule has 28 heavy (non-hydrogen) atoms. The molecule has 0 aliphatic carbocycles. The van der Waals surface area contributed by atoms with Crippen LogP contribution in [0, 0.1) is 6.92 Å². The van der Waals surface area contributed by atoms with Gasteiger partial charge in [0.15, 0.2) is 17.1 Å². The first kappa shape index (κ1) is 17.4. The molecule has 138 valence electrons. The van der Waals surface area contributed by atoms with E-state index >= 15 is 0 Å². The maximum absolute atomic E-state index is 12.9. The molecule has 0 saturated carbocycles. The van der Waals surface area contributed by atoms with E-state index in [1.54, 1.807) is 23.7 Å².